The van der Waals surface area contributed by atoms with E-state index in [1.165, 1.54) is 6.07 Å². The molecule has 1 aromatic carbocycles. The Balaban J connectivity index is 1.98. The molecule has 2 atom stereocenters. The Kier molecular flexibility index (Phi) is 5.01. The molecular formula is C14H19BrFNO. The first-order chi connectivity index (χ1) is 8.69. The molecule has 0 radical (unpaired) electrons. The van der Waals surface area contributed by atoms with Gasteiger partial charge in [0.15, 0.2) is 0 Å². The lowest BCUT2D eigenvalue weighted by Crippen LogP contribution is -2.34. The van der Waals surface area contributed by atoms with Crippen LogP contribution in [0.1, 0.15) is 32.6 Å². The SMILES string of the molecule is CCCC1CC(Nc2cc(Br)ccc2F)CCO1. The van der Waals surface area contributed by atoms with Gasteiger partial charge in [0, 0.05) is 17.1 Å². The van der Waals surface area contributed by atoms with E-state index < -0.39 is 0 Å². The molecular weight excluding hydrogens is 297 g/mol. The molecule has 0 spiro atoms. The monoisotopic (exact) mass is 315 g/mol. The highest BCUT2D eigenvalue weighted by molar-refractivity contribution is 9.10. The maximum Gasteiger partial charge on any atom is 0.146 e. The Morgan fingerprint density at radius 1 is 1.50 bits per heavy atom. The summed E-state index contributed by atoms with van der Waals surface area (Å²) in [5.41, 5.74) is 0.575. The van der Waals surface area contributed by atoms with Crippen molar-refractivity contribution in [2.24, 2.45) is 0 Å². The van der Waals surface area contributed by atoms with E-state index in [1.807, 2.05) is 0 Å². The Hall–Kier alpha value is -0.610. The fourth-order valence-electron chi connectivity index (χ4n) is 2.36. The van der Waals surface area contributed by atoms with Crippen LogP contribution in [0.2, 0.25) is 0 Å². The summed E-state index contributed by atoms with van der Waals surface area (Å²) < 4.78 is 20.2. The number of ether oxygens (including phenoxy) is 1. The Morgan fingerprint density at radius 2 is 2.33 bits per heavy atom. The summed E-state index contributed by atoms with van der Waals surface area (Å²) in [7, 11) is 0. The zero-order valence-corrected chi connectivity index (χ0v) is 12.2. The van der Waals surface area contributed by atoms with Crippen molar-refractivity contribution in [1.29, 1.82) is 0 Å². The molecule has 1 fully saturated rings. The van der Waals surface area contributed by atoms with E-state index >= 15 is 0 Å². The van der Waals surface area contributed by atoms with Crippen molar-refractivity contribution in [1.82, 2.24) is 0 Å². The highest BCUT2D eigenvalue weighted by atomic mass is 79.9. The largest absolute Gasteiger partial charge is 0.380 e. The van der Waals surface area contributed by atoms with Crippen LogP contribution in [0.15, 0.2) is 22.7 Å². The summed E-state index contributed by atoms with van der Waals surface area (Å²) in [4.78, 5) is 0. The van der Waals surface area contributed by atoms with E-state index in [0.717, 1.165) is 36.8 Å². The number of hydrogen-bond acceptors (Lipinski definition) is 2. The molecule has 2 nitrogen and oxygen atoms in total. The second-order valence-electron chi connectivity index (χ2n) is 4.77. The van der Waals surface area contributed by atoms with Crippen LogP contribution in [0, 0.1) is 5.82 Å². The van der Waals surface area contributed by atoms with Crippen LogP contribution in [0.4, 0.5) is 10.1 Å². The van der Waals surface area contributed by atoms with Crippen LogP contribution >= 0.6 is 15.9 Å². The van der Waals surface area contributed by atoms with Gasteiger partial charge in [0.2, 0.25) is 0 Å². The van der Waals surface area contributed by atoms with E-state index in [0.29, 0.717) is 17.8 Å². The third kappa shape index (κ3) is 3.69. The van der Waals surface area contributed by atoms with Gasteiger partial charge in [-0.1, -0.05) is 29.3 Å². The summed E-state index contributed by atoms with van der Waals surface area (Å²) in [6.07, 6.45) is 4.42. The summed E-state index contributed by atoms with van der Waals surface area (Å²) >= 11 is 3.37. The van der Waals surface area contributed by atoms with Crippen molar-refractivity contribution < 1.29 is 9.13 Å². The van der Waals surface area contributed by atoms with Gasteiger partial charge in [0.05, 0.1) is 11.8 Å². The lowest BCUT2D eigenvalue weighted by Gasteiger charge is -2.30. The van der Waals surface area contributed by atoms with Crippen molar-refractivity contribution in [2.75, 3.05) is 11.9 Å². The summed E-state index contributed by atoms with van der Waals surface area (Å²) in [6.45, 7) is 2.92. The van der Waals surface area contributed by atoms with E-state index in [-0.39, 0.29) is 5.82 Å². The maximum absolute atomic E-state index is 13.7. The van der Waals surface area contributed by atoms with Crippen LogP contribution < -0.4 is 5.32 Å². The zero-order valence-electron chi connectivity index (χ0n) is 10.6. The van der Waals surface area contributed by atoms with E-state index in [1.54, 1.807) is 12.1 Å². The minimum Gasteiger partial charge on any atom is -0.380 e. The molecule has 1 aliphatic heterocycles. The van der Waals surface area contributed by atoms with Crippen LogP contribution in [-0.4, -0.2) is 18.8 Å². The van der Waals surface area contributed by atoms with Gasteiger partial charge >= 0.3 is 0 Å². The molecule has 18 heavy (non-hydrogen) atoms. The van der Waals surface area contributed by atoms with Crippen molar-refractivity contribution >= 4 is 21.6 Å². The molecule has 4 heteroatoms. The molecule has 1 heterocycles. The maximum atomic E-state index is 13.7. The lowest BCUT2D eigenvalue weighted by molar-refractivity contribution is 0.00593. The molecule has 2 rings (SSSR count). The van der Waals surface area contributed by atoms with Crippen molar-refractivity contribution in [3.63, 3.8) is 0 Å². The summed E-state index contributed by atoms with van der Waals surface area (Å²) in [5, 5.41) is 3.29. The van der Waals surface area contributed by atoms with Crippen LogP contribution in [0.25, 0.3) is 0 Å². The minimum atomic E-state index is -0.197. The Morgan fingerprint density at radius 3 is 3.11 bits per heavy atom. The fraction of sp³-hybridized carbons (Fsp3) is 0.571. The molecule has 0 saturated carbocycles. The third-order valence-electron chi connectivity index (χ3n) is 3.27. The number of nitrogens with one attached hydrogen (secondary N) is 1. The predicted octanol–water partition coefficient (Wildman–Crippen LogP) is 4.35. The van der Waals surface area contributed by atoms with Gasteiger partial charge in [-0.2, -0.15) is 0 Å². The zero-order chi connectivity index (χ0) is 13.0. The first-order valence-electron chi connectivity index (χ1n) is 6.52. The van der Waals surface area contributed by atoms with E-state index in [9.17, 15) is 4.39 Å². The highest BCUT2D eigenvalue weighted by Gasteiger charge is 2.22. The molecule has 0 aliphatic carbocycles. The molecule has 0 bridgehead atoms. The smallest absolute Gasteiger partial charge is 0.146 e. The van der Waals surface area contributed by atoms with Gasteiger partial charge in [-0.3, -0.25) is 0 Å². The molecule has 1 aromatic rings. The van der Waals surface area contributed by atoms with Gasteiger partial charge in [0.1, 0.15) is 5.82 Å². The Bertz CT molecular complexity index is 397. The summed E-state index contributed by atoms with van der Waals surface area (Å²) in [6, 6.07) is 5.29. The van der Waals surface area contributed by atoms with Crippen molar-refractivity contribution in [3.05, 3.63) is 28.5 Å². The lowest BCUT2D eigenvalue weighted by atomic mass is 10.00. The van der Waals surface area contributed by atoms with Crippen LogP contribution in [0.3, 0.4) is 0 Å². The van der Waals surface area contributed by atoms with Gasteiger partial charge in [0.25, 0.3) is 0 Å². The third-order valence-corrected chi connectivity index (χ3v) is 3.76. The number of halogens is 2. The number of hydrogen-bond donors (Lipinski definition) is 1. The average molecular weight is 316 g/mol. The molecule has 1 N–H and O–H groups in total. The van der Waals surface area contributed by atoms with Gasteiger partial charge < -0.3 is 10.1 Å². The average Bonchev–Trinajstić information content (AvgIpc) is 2.35. The second-order valence-corrected chi connectivity index (χ2v) is 5.69. The van der Waals surface area contributed by atoms with Gasteiger partial charge in [-0.25, -0.2) is 4.39 Å². The van der Waals surface area contributed by atoms with E-state index in [2.05, 4.69) is 28.2 Å². The first kappa shape index (κ1) is 13.8. The number of rotatable bonds is 4. The quantitative estimate of drug-likeness (QED) is 0.892. The fourth-order valence-corrected chi connectivity index (χ4v) is 2.72. The standard InChI is InChI=1S/C14H19BrFNO/c1-2-3-12-9-11(6-7-18-12)17-14-8-10(15)4-5-13(14)16/h4-5,8,11-12,17H,2-3,6-7,9H2,1H3. The Labute approximate surface area is 116 Å². The molecule has 2 unspecified atom stereocenters. The van der Waals surface area contributed by atoms with E-state index in [4.69, 9.17) is 4.74 Å². The molecule has 0 amide bonds. The molecule has 0 aromatic heterocycles. The number of benzene rings is 1. The first-order valence-corrected chi connectivity index (χ1v) is 7.31. The van der Waals surface area contributed by atoms with Crippen LogP contribution in [-0.2, 0) is 4.74 Å². The molecule has 100 valence electrons. The molecule has 1 saturated heterocycles. The van der Waals surface area contributed by atoms with Crippen molar-refractivity contribution in [2.45, 2.75) is 44.8 Å². The predicted molar refractivity (Wildman–Crippen MR) is 75.4 cm³/mol. The van der Waals surface area contributed by atoms with Crippen LogP contribution in [0.5, 0.6) is 0 Å². The van der Waals surface area contributed by atoms with Gasteiger partial charge in [-0.15, -0.1) is 0 Å². The summed E-state index contributed by atoms with van der Waals surface area (Å²) in [5.74, 6) is -0.197. The van der Waals surface area contributed by atoms with Gasteiger partial charge in [-0.05, 0) is 37.5 Å². The molecule has 1 aliphatic rings. The number of anilines is 1. The van der Waals surface area contributed by atoms with Crippen molar-refractivity contribution in [3.8, 4) is 0 Å². The minimum absolute atomic E-state index is 0.197. The highest BCUT2D eigenvalue weighted by Crippen LogP contribution is 2.25. The second kappa shape index (κ2) is 6.53. The topological polar surface area (TPSA) is 21.3 Å². The normalized spacial score (nSPS) is 23.9.